The molecular formula is C20H17N3O. The summed E-state index contributed by atoms with van der Waals surface area (Å²) < 4.78 is 0. The maximum Gasteiger partial charge on any atom is 0.213 e. The van der Waals surface area contributed by atoms with Crippen molar-refractivity contribution < 1.29 is 4.79 Å². The van der Waals surface area contributed by atoms with Crippen LogP contribution < -0.4 is 5.32 Å². The zero-order valence-corrected chi connectivity index (χ0v) is 13.2. The summed E-state index contributed by atoms with van der Waals surface area (Å²) in [4.78, 5) is 12.7. The van der Waals surface area contributed by atoms with Gasteiger partial charge in [0.1, 0.15) is 5.69 Å². The van der Waals surface area contributed by atoms with Crippen LogP contribution in [-0.4, -0.2) is 22.5 Å². The normalized spacial score (nSPS) is 13.3. The minimum absolute atomic E-state index is 0.0875. The van der Waals surface area contributed by atoms with Crippen molar-refractivity contribution in [3.8, 4) is 11.1 Å². The Kier molecular flexibility index (Phi) is 3.89. The van der Waals surface area contributed by atoms with Crippen LogP contribution in [0.1, 0.15) is 27.3 Å². The SMILES string of the molecule is O=C(c1ccc(-c2ccccc2)cc1)c1cc2c(nn1)CCNC2. The number of hydrogen-bond acceptors (Lipinski definition) is 4. The Morgan fingerprint density at radius 3 is 2.46 bits per heavy atom. The second-order valence-electron chi connectivity index (χ2n) is 5.90. The second kappa shape index (κ2) is 6.34. The van der Waals surface area contributed by atoms with Crippen LogP contribution in [0.3, 0.4) is 0 Å². The van der Waals surface area contributed by atoms with E-state index >= 15 is 0 Å². The van der Waals surface area contributed by atoms with Gasteiger partial charge >= 0.3 is 0 Å². The van der Waals surface area contributed by atoms with Crippen molar-refractivity contribution in [2.24, 2.45) is 0 Å². The first kappa shape index (κ1) is 14.7. The van der Waals surface area contributed by atoms with Gasteiger partial charge in [-0.2, -0.15) is 5.10 Å². The third-order valence-corrected chi connectivity index (χ3v) is 4.30. The number of carbonyl (C=O) groups excluding carboxylic acids is 1. The predicted octanol–water partition coefficient (Wildman–Crippen LogP) is 3.02. The van der Waals surface area contributed by atoms with Gasteiger partial charge in [-0.3, -0.25) is 4.79 Å². The quantitative estimate of drug-likeness (QED) is 0.755. The highest BCUT2D eigenvalue weighted by molar-refractivity contribution is 6.07. The first-order valence-corrected chi connectivity index (χ1v) is 8.07. The Morgan fingerprint density at radius 1 is 0.917 bits per heavy atom. The van der Waals surface area contributed by atoms with Crippen LogP contribution in [-0.2, 0) is 13.0 Å². The van der Waals surface area contributed by atoms with E-state index in [9.17, 15) is 4.79 Å². The van der Waals surface area contributed by atoms with Crippen LogP contribution in [0, 0.1) is 0 Å². The van der Waals surface area contributed by atoms with Crippen LogP contribution >= 0.6 is 0 Å². The summed E-state index contributed by atoms with van der Waals surface area (Å²) in [6.07, 6.45) is 0.864. The van der Waals surface area contributed by atoms with Crippen molar-refractivity contribution in [3.63, 3.8) is 0 Å². The molecule has 1 aromatic heterocycles. The van der Waals surface area contributed by atoms with Gasteiger partial charge in [0.25, 0.3) is 0 Å². The first-order valence-electron chi connectivity index (χ1n) is 8.07. The van der Waals surface area contributed by atoms with E-state index in [1.165, 1.54) is 0 Å². The molecule has 0 radical (unpaired) electrons. The molecule has 1 aliphatic rings. The minimum atomic E-state index is -0.0875. The Balaban J connectivity index is 1.61. The first-order chi connectivity index (χ1) is 11.8. The molecule has 4 nitrogen and oxygen atoms in total. The van der Waals surface area contributed by atoms with Crippen LogP contribution in [0.25, 0.3) is 11.1 Å². The number of fused-ring (bicyclic) bond motifs is 1. The maximum atomic E-state index is 12.7. The topological polar surface area (TPSA) is 54.9 Å². The molecule has 0 amide bonds. The third-order valence-electron chi connectivity index (χ3n) is 4.30. The van der Waals surface area contributed by atoms with Crippen molar-refractivity contribution >= 4 is 5.78 Å². The number of hydrogen-bond donors (Lipinski definition) is 1. The van der Waals surface area contributed by atoms with Gasteiger partial charge in [-0.05, 0) is 22.8 Å². The van der Waals surface area contributed by atoms with Gasteiger partial charge in [-0.25, -0.2) is 0 Å². The molecule has 1 aliphatic heterocycles. The molecule has 0 saturated carbocycles. The fraction of sp³-hybridized carbons (Fsp3) is 0.150. The summed E-state index contributed by atoms with van der Waals surface area (Å²) in [6.45, 7) is 1.66. The smallest absolute Gasteiger partial charge is 0.213 e. The van der Waals surface area contributed by atoms with Crippen molar-refractivity contribution in [1.29, 1.82) is 0 Å². The van der Waals surface area contributed by atoms with Gasteiger partial charge in [-0.1, -0.05) is 54.6 Å². The molecule has 0 unspecified atom stereocenters. The molecule has 0 fully saturated rings. The van der Waals surface area contributed by atoms with Gasteiger partial charge in [-0.15, -0.1) is 5.10 Å². The molecule has 2 aromatic carbocycles. The van der Waals surface area contributed by atoms with Crippen LogP contribution in [0.4, 0.5) is 0 Å². The van der Waals surface area contributed by atoms with Crippen molar-refractivity contribution in [3.05, 3.63) is 83.2 Å². The lowest BCUT2D eigenvalue weighted by Gasteiger charge is -2.15. The molecule has 0 bridgehead atoms. The van der Waals surface area contributed by atoms with Gasteiger partial charge in [0.15, 0.2) is 0 Å². The Bertz CT molecular complexity index is 873. The average Bonchev–Trinajstić information content (AvgIpc) is 2.68. The van der Waals surface area contributed by atoms with Crippen molar-refractivity contribution in [2.45, 2.75) is 13.0 Å². The number of ketones is 1. The van der Waals surface area contributed by atoms with Gasteiger partial charge in [0.05, 0.1) is 5.69 Å². The molecule has 4 rings (SSSR count). The zero-order chi connectivity index (χ0) is 16.4. The number of benzene rings is 2. The standard InChI is InChI=1S/C20H17N3O/c24-20(19-12-17-13-21-11-10-18(17)22-23-19)16-8-6-15(7-9-16)14-4-2-1-3-5-14/h1-9,12,21H,10-11,13H2. The fourth-order valence-corrected chi connectivity index (χ4v) is 2.95. The van der Waals surface area contributed by atoms with Crippen LogP contribution in [0.5, 0.6) is 0 Å². The molecule has 1 N–H and O–H groups in total. The van der Waals surface area contributed by atoms with E-state index in [-0.39, 0.29) is 5.78 Å². The number of carbonyl (C=O) groups is 1. The van der Waals surface area contributed by atoms with Gasteiger partial charge < -0.3 is 5.32 Å². The van der Waals surface area contributed by atoms with E-state index in [2.05, 4.69) is 27.6 Å². The molecule has 4 heteroatoms. The molecule has 118 valence electrons. The molecule has 0 atom stereocenters. The molecule has 0 saturated heterocycles. The van der Waals surface area contributed by atoms with Crippen molar-refractivity contribution in [2.75, 3.05) is 6.54 Å². The summed E-state index contributed by atoms with van der Waals surface area (Å²) >= 11 is 0. The lowest BCUT2D eigenvalue weighted by Crippen LogP contribution is -2.25. The zero-order valence-electron chi connectivity index (χ0n) is 13.2. The van der Waals surface area contributed by atoms with E-state index < -0.39 is 0 Å². The molecule has 24 heavy (non-hydrogen) atoms. The largest absolute Gasteiger partial charge is 0.312 e. The monoisotopic (exact) mass is 315 g/mol. The number of nitrogens with one attached hydrogen (secondary N) is 1. The Morgan fingerprint density at radius 2 is 1.67 bits per heavy atom. The van der Waals surface area contributed by atoms with E-state index in [1.54, 1.807) is 0 Å². The molecular weight excluding hydrogens is 298 g/mol. The molecule has 0 spiro atoms. The Labute approximate surface area is 140 Å². The highest BCUT2D eigenvalue weighted by atomic mass is 16.1. The lowest BCUT2D eigenvalue weighted by molar-refractivity contribution is 0.103. The summed E-state index contributed by atoms with van der Waals surface area (Å²) in [7, 11) is 0. The summed E-state index contributed by atoms with van der Waals surface area (Å²) in [5.74, 6) is -0.0875. The van der Waals surface area contributed by atoms with Gasteiger partial charge in [0, 0.05) is 25.1 Å². The highest BCUT2D eigenvalue weighted by Crippen LogP contribution is 2.20. The lowest BCUT2D eigenvalue weighted by atomic mass is 10.0. The van der Waals surface area contributed by atoms with Crippen molar-refractivity contribution in [1.82, 2.24) is 15.5 Å². The molecule has 3 aromatic rings. The van der Waals surface area contributed by atoms with E-state index in [1.807, 2.05) is 48.5 Å². The van der Waals surface area contributed by atoms with Crippen LogP contribution in [0.2, 0.25) is 0 Å². The van der Waals surface area contributed by atoms with Gasteiger partial charge in [0.2, 0.25) is 5.78 Å². The van der Waals surface area contributed by atoms with Crippen LogP contribution in [0.15, 0.2) is 60.7 Å². The number of aromatic nitrogens is 2. The fourth-order valence-electron chi connectivity index (χ4n) is 2.95. The highest BCUT2D eigenvalue weighted by Gasteiger charge is 2.16. The molecule has 0 aliphatic carbocycles. The number of rotatable bonds is 3. The van der Waals surface area contributed by atoms with E-state index in [4.69, 9.17) is 0 Å². The number of nitrogens with zero attached hydrogens (tertiary/aromatic N) is 2. The van der Waals surface area contributed by atoms with E-state index in [0.29, 0.717) is 11.3 Å². The third kappa shape index (κ3) is 2.84. The summed E-state index contributed by atoms with van der Waals surface area (Å²) in [5, 5.41) is 11.6. The predicted molar refractivity (Wildman–Crippen MR) is 92.8 cm³/mol. The average molecular weight is 315 g/mol. The Hall–Kier alpha value is -2.85. The summed E-state index contributed by atoms with van der Waals surface area (Å²) in [5.41, 5.74) is 5.33. The minimum Gasteiger partial charge on any atom is -0.312 e. The molecule has 2 heterocycles. The second-order valence-corrected chi connectivity index (χ2v) is 5.90. The maximum absolute atomic E-state index is 12.7. The van der Waals surface area contributed by atoms with E-state index in [0.717, 1.165) is 41.9 Å². The summed E-state index contributed by atoms with van der Waals surface area (Å²) in [6, 6.07) is 19.6.